The zero-order valence-corrected chi connectivity index (χ0v) is 6.00. The van der Waals surface area contributed by atoms with Gasteiger partial charge in [-0.25, -0.2) is 15.4 Å². The van der Waals surface area contributed by atoms with Crippen molar-refractivity contribution in [2.45, 2.75) is 0 Å². The molecule has 1 radical (unpaired) electrons. The quantitative estimate of drug-likeness (QED) is 0.575. The van der Waals surface area contributed by atoms with E-state index in [0.717, 1.165) is 5.82 Å². The van der Waals surface area contributed by atoms with E-state index >= 15 is 0 Å². The minimum Gasteiger partial charge on any atom is -0.295 e. The Labute approximate surface area is 59.9 Å². The van der Waals surface area contributed by atoms with Gasteiger partial charge in [-0.2, -0.15) is 0 Å². The number of hydrogen-bond acceptors (Lipinski definition) is 4. The molecule has 1 N–H and O–H groups in total. The molecule has 0 amide bonds. The Bertz CT molecular complexity index is 186. The third-order valence-corrected chi connectivity index (χ3v) is 1.20. The Kier molecular flexibility index (Phi) is 2.17. The minimum absolute atomic E-state index is 0.803. The van der Waals surface area contributed by atoms with Gasteiger partial charge in [-0.15, -0.1) is 0 Å². The largest absolute Gasteiger partial charge is 0.295 e. The van der Waals surface area contributed by atoms with E-state index in [4.69, 9.17) is 0 Å². The topological polar surface area (TPSA) is 41.0 Å². The van der Waals surface area contributed by atoms with E-state index in [9.17, 15) is 0 Å². The molecule has 10 heavy (non-hydrogen) atoms. The molecule has 0 aliphatic heterocycles. The lowest BCUT2D eigenvalue weighted by Crippen LogP contribution is -2.30. The molecule has 0 aliphatic rings. The number of rotatable bonds is 2. The molecular formula is C6H9N4. The van der Waals surface area contributed by atoms with Gasteiger partial charge in [0.1, 0.15) is 5.82 Å². The van der Waals surface area contributed by atoms with Crippen LogP contribution in [0.25, 0.3) is 0 Å². The van der Waals surface area contributed by atoms with Gasteiger partial charge in [-0.05, 0) is 0 Å². The van der Waals surface area contributed by atoms with Gasteiger partial charge >= 0.3 is 0 Å². The van der Waals surface area contributed by atoms with Crippen LogP contribution >= 0.6 is 0 Å². The van der Waals surface area contributed by atoms with Crippen LogP contribution in [0.4, 0.5) is 5.82 Å². The summed E-state index contributed by atoms with van der Waals surface area (Å²) in [6.45, 7) is 0. The molecule has 0 unspecified atom stereocenters. The molecule has 53 valence electrons. The Morgan fingerprint density at radius 3 is 3.00 bits per heavy atom. The van der Waals surface area contributed by atoms with Crippen LogP contribution in [-0.4, -0.2) is 24.1 Å². The van der Waals surface area contributed by atoms with Crippen LogP contribution < -0.4 is 10.4 Å². The van der Waals surface area contributed by atoms with Gasteiger partial charge in [0.15, 0.2) is 6.33 Å². The van der Waals surface area contributed by atoms with E-state index in [2.05, 4.69) is 21.7 Å². The van der Waals surface area contributed by atoms with Crippen molar-refractivity contribution in [3.63, 3.8) is 0 Å². The summed E-state index contributed by atoms with van der Waals surface area (Å²) in [7, 11) is 3.69. The van der Waals surface area contributed by atoms with Gasteiger partial charge in [-0.3, -0.25) is 5.01 Å². The summed E-state index contributed by atoms with van der Waals surface area (Å²) in [4.78, 5) is 7.55. The molecular weight excluding hydrogens is 128 g/mol. The van der Waals surface area contributed by atoms with E-state index in [1.54, 1.807) is 17.3 Å². The summed E-state index contributed by atoms with van der Waals surface area (Å²) in [5.41, 5.74) is 2.90. The van der Waals surface area contributed by atoms with Crippen molar-refractivity contribution < 1.29 is 0 Å². The molecule has 0 saturated carbocycles. The molecule has 1 aromatic heterocycles. The van der Waals surface area contributed by atoms with E-state index in [1.807, 2.05) is 14.1 Å². The number of nitrogens with one attached hydrogen (secondary N) is 1. The second-order valence-electron chi connectivity index (χ2n) is 1.80. The molecule has 0 aliphatic carbocycles. The monoisotopic (exact) mass is 137 g/mol. The predicted molar refractivity (Wildman–Crippen MR) is 38.3 cm³/mol. The normalized spacial score (nSPS) is 9.40. The van der Waals surface area contributed by atoms with E-state index in [-0.39, 0.29) is 0 Å². The standard InChI is InChI=1S/C6H9N4/c1-7-10(2)6-3-4-8-5-9-6/h3-4,7H,1-2H3. The Balaban J connectivity index is 2.75. The summed E-state index contributed by atoms with van der Waals surface area (Å²) in [6, 6.07) is 1.80. The third kappa shape index (κ3) is 1.41. The van der Waals surface area contributed by atoms with Crippen LogP contribution in [0.15, 0.2) is 12.3 Å². The first-order chi connectivity index (χ1) is 4.84. The van der Waals surface area contributed by atoms with E-state index in [0.29, 0.717) is 0 Å². The van der Waals surface area contributed by atoms with Gasteiger partial charge in [0.2, 0.25) is 0 Å². The Morgan fingerprint density at radius 2 is 2.50 bits per heavy atom. The van der Waals surface area contributed by atoms with Crippen molar-refractivity contribution in [3.8, 4) is 0 Å². The van der Waals surface area contributed by atoms with Crippen molar-refractivity contribution in [1.29, 1.82) is 0 Å². The molecule has 0 fully saturated rings. The van der Waals surface area contributed by atoms with Crippen LogP contribution in [0.1, 0.15) is 0 Å². The second kappa shape index (κ2) is 3.12. The van der Waals surface area contributed by atoms with Crippen LogP contribution in [-0.2, 0) is 0 Å². The summed E-state index contributed by atoms with van der Waals surface area (Å²) < 4.78 is 0. The number of hydrazine groups is 1. The van der Waals surface area contributed by atoms with Gasteiger partial charge in [0, 0.05) is 26.4 Å². The van der Waals surface area contributed by atoms with Gasteiger partial charge in [0.25, 0.3) is 0 Å². The Morgan fingerprint density at radius 1 is 1.70 bits per heavy atom. The highest BCUT2D eigenvalue weighted by molar-refractivity contribution is 5.32. The first kappa shape index (κ1) is 6.95. The smallest absolute Gasteiger partial charge is 0.199 e. The molecule has 0 saturated heterocycles. The zero-order chi connectivity index (χ0) is 7.40. The molecule has 4 heteroatoms. The minimum atomic E-state index is 0.803. The van der Waals surface area contributed by atoms with Crippen LogP contribution in [0.2, 0.25) is 0 Å². The molecule has 1 heterocycles. The lowest BCUT2D eigenvalue weighted by molar-refractivity contribution is 0.772. The number of nitrogens with zero attached hydrogens (tertiary/aromatic N) is 3. The summed E-state index contributed by atoms with van der Waals surface area (Å²) in [5, 5.41) is 1.78. The fourth-order valence-electron chi connectivity index (χ4n) is 0.556. The number of anilines is 1. The van der Waals surface area contributed by atoms with Crippen molar-refractivity contribution in [3.05, 3.63) is 18.6 Å². The fourth-order valence-corrected chi connectivity index (χ4v) is 0.556. The highest BCUT2D eigenvalue weighted by Gasteiger charge is 1.95. The van der Waals surface area contributed by atoms with E-state index < -0.39 is 0 Å². The summed E-state index contributed by atoms with van der Waals surface area (Å²) in [5.74, 6) is 0.803. The highest BCUT2D eigenvalue weighted by atomic mass is 15.5. The van der Waals surface area contributed by atoms with Crippen molar-refractivity contribution in [2.24, 2.45) is 0 Å². The number of aromatic nitrogens is 2. The van der Waals surface area contributed by atoms with Gasteiger partial charge in [-0.1, -0.05) is 0 Å². The van der Waals surface area contributed by atoms with Crippen molar-refractivity contribution >= 4 is 5.82 Å². The predicted octanol–water partition coefficient (Wildman–Crippen LogP) is -0.153. The first-order valence-electron chi connectivity index (χ1n) is 2.95. The molecule has 1 rings (SSSR count). The molecule has 1 aromatic rings. The molecule has 0 bridgehead atoms. The fraction of sp³-hybridized carbons (Fsp3) is 0.333. The molecule has 0 spiro atoms. The lowest BCUT2D eigenvalue weighted by Gasteiger charge is -2.14. The van der Waals surface area contributed by atoms with E-state index in [1.165, 1.54) is 0 Å². The maximum atomic E-state index is 3.88. The Hall–Kier alpha value is -1.16. The second-order valence-corrected chi connectivity index (χ2v) is 1.80. The average molecular weight is 137 g/mol. The molecule has 0 aromatic carbocycles. The first-order valence-corrected chi connectivity index (χ1v) is 2.95. The molecule has 0 atom stereocenters. The lowest BCUT2D eigenvalue weighted by atomic mass is 10.6. The van der Waals surface area contributed by atoms with Crippen LogP contribution in [0.5, 0.6) is 0 Å². The third-order valence-electron chi connectivity index (χ3n) is 1.20. The van der Waals surface area contributed by atoms with Crippen LogP contribution in [0.3, 0.4) is 0 Å². The van der Waals surface area contributed by atoms with Gasteiger partial charge < -0.3 is 0 Å². The highest BCUT2D eigenvalue weighted by Crippen LogP contribution is 1.99. The maximum absolute atomic E-state index is 3.88. The summed E-state index contributed by atoms with van der Waals surface area (Å²) >= 11 is 0. The summed E-state index contributed by atoms with van der Waals surface area (Å²) in [6.07, 6.45) is 4.14. The maximum Gasteiger partial charge on any atom is 0.199 e. The van der Waals surface area contributed by atoms with Crippen LogP contribution in [0, 0.1) is 6.33 Å². The zero-order valence-electron chi connectivity index (χ0n) is 6.00. The molecule has 4 nitrogen and oxygen atoms in total. The SMILES string of the molecule is CNN(C)c1ccn[c]n1. The van der Waals surface area contributed by atoms with Crippen molar-refractivity contribution in [2.75, 3.05) is 19.1 Å². The van der Waals surface area contributed by atoms with Gasteiger partial charge in [0.05, 0.1) is 0 Å². The average Bonchev–Trinajstić information content (AvgIpc) is 2.05. The number of hydrogen-bond donors (Lipinski definition) is 1. The van der Waals surface area contributed by atoms with Crippen molar-refractivity contribution in [1.82, 2.24) is 15.4 Å².